The molecule has 1 aromatic carbocycles. The first-order valence-corrected chi connectivity index (χ1v) is 7.48. The van der Waals surface area contributed by atoms with Crippen LogP contribution < -0.4 is 5.56 Å². The summed E-state index contributed by atoms with van der Waals surface area (Å²) in [5, 5.41) is 0.646. The first kappa shape index (κ1) is 14.7. The second-order valence-electron chi connectivity index (χ2n) is 4.92. The van der Waals surface area contributed by atoms with Crippen molar-refractivity contribution in [2.45, 2.75) is 19.6 Å². The molecular weight excluding hydrogens is 300 g/mol. The van der Waals surface area contributed by atoms with Gasteiger partial charge in [-0.1, -0.05) is 12.1 Å². The summed E-state index contributed by atoms with van der Waals surface area (Å²) in [6, 6.07) is 11.1. The number of H-pyrrole nitrogens is 1. The smallest absolute Gasteiger partial charge is 0.262 e. The lowest BCUT2D eigenvalue weighted by atomic mass is 10.2. The van der Waals surface area contributed by atoms with Crippen LogP contribution in [0.25, 0.3) is 10.9 Å². The molecule has 0 fully saturated rings. The van der Waals surface area contributed by atoms with Crippen molar-refractivity contribution in [1.29, 1.82) is 0 Å². The molecule has 0 amide bonds. The van der Waals surface area contributed by atoms with Gasteiger partial charge in [-0.25, -0.2) is 0 Å². The van der Waals surface area contributed by atoms with Crippen LogP contribution in [-0.2, 0) is 17.9 Å². The molecule has 0 bridgehead atoms. The van der Waals surface area contributed by atoms with Crippen LogP contribution in [0.1, 0.15) is 12.2 Å². The van der Waals surface area contributed by atoms with Gasteiger partial charge in [0.1, 0.15) is 12.4 Å². The maximum atomic E-state index is 12.4. The molecule has 0 aliphatic carbocycles. The van der Waals surface area contributed by atoms with Crippen molar-refractivity contribution in [3.8, 4) is 0 Å². The van der Waals surface area contributed by atoms with E-state index in [1.807, 2.05) is 30.3 Å². The summed E-state index contributed by atoms with van der Waals surface area (Å²) in [5.74, 6) is 0.792. The summed E-state index contributed by atoms with van der Waals surface area (Å²) in [4.78, 5) is 15.5. The monoisotopic (exact) mass is 316 g/mol. The van der Waals surface area contributed by atoms with Crippen LogP contribution in [0, 0.1) is 4.77 Å². The molecule has 2 aromatic heterocycles. The molecule has 0 radical (unpaired) electrons. The summed E-state index contributed by atoms with van der Waals surface area (Å²) in [7, 11) is 0. The number of furan rings is 1. The Bertz CT molecular complexity index is 865. The molecule has 6 heteroatoms. The highest BCUT2D eigenvalue weighted by molar-refractivity contribution is 7.71. The summed E-state index contributed by atoms with van der Waals surface area (Å²) in [5.41, 5.74) is 0.702. The molecule has 0 saturated carbocycles. The van der Waals surface area contributed by atoms with Crippen LogP contribution in [0.5, 0.6) is 0 Å². The second-order valence-corrected chi connectivity index (χ2v) is 5.30. The Morgan fingerprint density at radius 2 is 2.09 bits per heavy atom. The minimum Gasteiger partial charge on any atom is -0.467 e. The number of rotatable bonds is 6. The highest BCUT2D eigenvalue weighted by Crippen LogP contribution is 2.06. The number of nitrogens with zero attached hydrogens (tertiary/aromatic N) is 1. The fraction of sp³-hybridized carbons (Fsp3) is 0.250. The molecule has 114 valence electrons. The van der Waals surface area contributed by atoms with Crippen molar-refractivity contribution < 1.29 is 9.15 Å². The number of aromatic nitrogens is 2. The summed E-state index contributed by atoms with van der Waals surface area (Å²) in [6.45, 7) is 1.50. The highest BCUT2D eigenvalue weighted by atomic mass is 32.1. The number of nitrogens with one attached hydrogen (secondary N) is 1. The van der Waals surface area contributed by atoms with E-state index in [2.05, 4.69) is 4.98 Å². The predicted molar refractivity (Wildman–Crippen MR) is 86.4 cm³/mol. The lowest BCUT2D eigenvalue weighted by molar-refractivity contribution is 0.101. The number of para-hydroxylation sites is 1. The standard InChI is InChI=1S/C16H16N2O3S/c19-15-13-6-1-2-7-14(13)17-16(22)18(15)8-4-9-20-11-12-5-3-10-21-12/h1-3,5-7,10H,4,8-9,11H2,(H,17,22). The quantitative estimate of drug-likeness (QED) is 0.560. The first-order chi connectivity index (χ1) is 10.8. The van der Waals surface area contributed by atoms with E-state index in [9.17, 15) is 4.79 Å². The molecule has 0 saturated heterocycles. The van der Waals surface area contributed by atoms with E-state index in [4.69, 9.17) is 21.4 Å². The average Bonchev–Trinajstić information content (AvgIpc) is 3.03. The van der Waals surface area contributed by atoms with Gasteiger partial charge >= 0.3 is 0 Å². The van der Waals surface area contributed by atoms with Crippen molar-refractivity contribution in [3.63, 3.8) is 0 Å². The van der Waals surface area contributed by atoms with Gasteiger partial charge in [0.25, 0.3) is 5.56 Å². The number of ether oxygens (including phenoxy) is 1. The van der Waals surface area contributed by atoms with Crippen molar-refractivity contribution in [2.24, 2.45) is 0 Å². The number of fused-ring (bicyclic) bond motifs is 1. The molecule has 2 heterocycles. The Balaban J connectivity index is 1.64. The van der Waals surface area contributed by atoms with Gasteiger partial charge in [0.15, 0.2) is 4.77 Å². The van der Waals surface area contributed by atoms with E-state index in [0.29, 0.717) is 36.3 Å². The fourth-order valence-electron chi connectivity index (χ4n) is 2.29. The lowest BCUT2D eigenvalue weighted by Gasteiger charge is -2.08. The van der Waals surface area contributed by atoms with Gasteiger partial charge in [-0.3, -0.25) is 9.36 Å². The Hall–Kier alpha value is -2.18. The normalized spacial score (nSPS) is 11.1. The third kappa shape index (κ3) is 3.18. The van der Waals surface area contributed by atoms with Gasteiger partial charge in [0, 0.05) is 13.2 Å². The Labute approximate surface area is 132 Å². The minimum absolute atomic E-state index is 0.0645. The number of aromatic amines is 1. The van der Waals surface area contributed by atoms with Gasteiger partial charge in [-0.15, -0.1) is 0 Å². The lowest BCUT2D eigenvalue weighted by Crippen LogP contribution is -2.22. The largest absolute Gasteiger partial charge is 0.467 e. The minimum atomic E-state index is -0.0645. The molecule has 22 heavy (non-hydrogen) atoms. The summed E-state index contributed by atoms with van der Waals surface area (Å²) in [6.07, 6.45) is 2.32. The molecule has 0 spiro atoms. The van der Waals surface area contributed by atoms with E-state index in [1.54, 1.807) is 16.9 Å². The molecule has 0 atom stereocenters. The van der Waals surface area contributed by atoms with E-state index in [0.717, 1.165) is 11.3 Å². The van der Waals surface area contributed by atoms with Gasteiger partial charge in [0.05, 0.1) is 17.2 Å². The maximum absolute atomic E-state index is 12.4. The van der Waals surface area contributed by atoms with Crippen molar-refractivity contribution in [1.82, 2.24) is 9.55 Å². The highest BCUT2D eigenvalue weighted by Gasteiger charge is 2.05. The zero-order valence-corrected chi connectivity index (χ0v) is 12.8. The van der Waals surface area contributed by atoms with Crippen LogP contribution in [0.3, 0.4) is 0 Å². The van der Waals surface area contributed by atoms with E-state index < -0.39 is 0 Å². The maximum Gasteiger partial charge on any atom is 0.262 e. The van der Waals surface area contributed by atoms with E-state index >= 15 is 0 Å². The molecule has 5 nitrogen and oxygen atoms in total. The third-order valence-corrected chi connectivity index (χ3v) is 3.71. The fourth-order valence-corrected chi connectivity index (χ4v) is 2.58. The molecule has 3 rings (SSSR count). The molecular formula is C16H16N2O3S. The van der Waals surface area contributed by atoms with E-state index in [1.165, 1.54) is 0 Å². The second kappa shape index (κ2) is 6.72. The number of benzene rings is 1. The van der Waals surface area contributed by atoms with Gasteiger partial charge in [0.2, 0.25) is 0 Å². The Morgan fingerprint density at radius 1 is 1.23 bits per heavy atom. The van der Waals surface area contributed by atoms with Crippen LogP contribution in [-0.4, -0.2) is 16.2 Å². The molecule has 0 aliphatic heterocycles. The molecule has 3 aromatic rings. The number of hydrogen-bond acceptors (Lipinski definition) is 4. The zero-order chi connectivity index (χ0) is 15.4. The Kier molecular flexibility index (Phi) is 4.50. The first-order valence-electron chi connectivity index (χ1n) is 7.08. The van der Waals surface area contributed by atoms with Crippen LogP contribution in [0.2, 0.25) is 0 Å². The topological polar surface area (TPSA) is 60.2 Å². The van der Waals surface area contributed by atoms with Gasteiger partial charge < -0.3 is 14.1 Å². The van der Waals surface area contributed by atoms with Crippen molar-refractivity contribution in [2.75, 3.05) is 6.61 Å². The van der Waals surface area contributed by atoms with Crippen LogP contribution >= 0.6 is 12.2 Å². The third-order valence-electron chi connectivity index (χ3n) is 3.38. The van der Waals surface area contributed by atoms with E-state index in [-0.39, 0.29) is 5.56 Å². The van der Waals surface area contributed by atoms with Crippen molar-refractivity contribution in [3.05, 3.63) is 63.5 Å². The van der Waals surface area contributed by atoms with Crippen LogP contribution in [0.4, 0.5) is 0 Å². The SMILES string of the molecule is O=c1c2ccccc2[nH]c(=S)n1CCCOCc1ccco1. The zero-order valence-electron chi connectivity index (χ0n) is 12.0. The predicted octanol–water partition coefficient (Wildman–Crippen LogP) is 3.26. The number of hydrogen-bond donors (Lipinski definition) is 1. The molecule has 0 aliphatic rings. The van der Waals surface area contributed by atoms with Gasteiger partial charge in [-0.05, 0) is 42.9 Å². The molecule has 0 unspecified atom stereocenters. The summed E-state index contributed by atoms with van der Waals surface area (Å²) >= 11 is 5.26. The van der Waals surface area contributed by atoms with Crippen molar-refractivity contribution >= 4 is 23.1 Å². The summed E-state index contributed by atoms with van der Waals surface area (Å²) < 4.78 is 12.7. The van der Waals surface area contributed by atoms with Crippen LogP contribution in [0.15, 0.2) is 51.9 Å². The Morgan fingerprint density at radius 3 is 2.91 bits per heavy atom. The molecule has 1 N–H and O–H groups in total. The average molecular weight is 316 g/mol. The van der Waals surface area contributed by atoms with Gasteiger partial charge in [-0.2, -0.15) is 0 Å².